The fourth-order valence-electron chi connectivity index (χ4n) is 3.33. The number of piperidine rings is 1. The van der Waals surface area contributed by atoms with Gasteiger partial charge in [0.15, 0.2) is 5.78 Å². The van der Waals surface area contributed by atoms with Crippen molar-refractivity contribution in [1.82, 2.24) is 4.90 Å². The quantitative estimate of drug-likeness (QED) is 0.775. The van der Waals surface area contributed by atoms with Crippen LogP contribution in [0.4, 0.5) is 4.39 Å². The van der Waals surface area contributed by atoms with Gasteiger partial charge in [-0.15, -0.1) is 0 Å². The van der Waals surface area contributed by atoms with Gasteiger partial charge in [-0.3, -0.25) is 9.59 Å². The van der Waals surface area contributed by atoms with E-state index in [1.165, 1.54) is 6.07 Å². The molecule has 0 unspecified atom stereocenters. The number of amides is 1. The number of benzene rings is 2. The van der Waals surface area contributed by atoms with Gasteiger partial charge in [-0.25, -0.2) is 4.39 Å². The summed E-state index contributed by atoms with van der Waals surface area (Å²) in [4.78, 5) is 26.6. The van der Waals surface area contributed by atoms with Gasteiger partial charge in [-0.05, 0) is 30.9 Å². The Kier molecular flexibility index (Phi) is 5.59. The Bertz CT molecular complexity index is 737. The number of aryl methyl sites for hydroxylation is 1. The van der Waals surface area contributed by atoms with Gasteiger partial charge in [0, 0.05) is 31.0 Å². The lowest BCUT2D eigenvalue weighted by Crippen LogP contribution is -2.40. The summed E-state index contributed by atoms with van der Waals surface area (Å²) in [6.07, 6.45) is 2.10. The minimum atomic E-state index is -0.262. The number of likely N-dealkylation sites (tertiary alicyclic amines) is 1. The predicted octanol–water partition coefficient (Wildman–Crippen LogP) is 3.88. The summed E-state index contributed by atoms with van der Waals surface area (Å²) in [5.74, 6) is -0.0756. The van der Waals surface area contributed by atoms with Crippen LogP contribution in [0.3, 0.4) is 0 Å². The van der Waals surface area contributed by atoms with Gasteiger partial charge in [-0.2, -0.15) is 0 Å². The van der Waals surface area contributed by atoms with E-state index in [0.29, 0.717) is 44.3 Å². The third-order valence-electron chi connectivity index (χ3n) is 4.84. The van der Waals surface area contributed by atoms with E-state index in [1.807, 2.05) is 30.3 Å². The van der Waals surface area contributed by atoms with Crippen molar-refractivity contribution in [2.24, 2.45) is 5.92 Å². The maximum atomic E-state index is 13.6. The lowest BCUT2D eigenvalue weighted by molar-refractivity contribution is -0.132. The summed E-state index contributed by atoms with van der Waals surface area (Å²) in [5.41, 5.74) is 1.32. The highest BCUT2D eigenvalue weighted by Crippen LogP contribution is 2.22. The molecule has 25 heavy (non-hydrogen) atoms. The van der Waals surface area contributed by atoms with Gasteiger partial charge < -0.3 is 4.90 Å². The molecule has 0 spiro atoms. The van der Waals surface area contributed by atoms with Crippen LogP contribution in [0.25, 0.3) is 0 Å². The van der Waals surface area contributed by atoms with E-state index in [9.17, 15) is 14.0 Å². The van der Waals surface area contributed by atoms with Crippen LogP contribution in [0.15, 0.2) is 54.6 Å². The number of ketones is 1. The lowest BCUT2D eigenvalue weighted by atomic mass is 9.89. The van der Waals surface area contributed by atoms with Gasteiger partial charge in [0.05, 0.1) is 0 Å². The molecule has 0 N–H and O–H groups in total. The highest BCUT2D eigenvalue weighted by Gasteiger charge is 2.27. The molecule has 0 aliphatic carbocycles. The first-order chi connectivity index (χ1) is 12.1. The number of carbonyl (C=O) groups excluding carboxylic acids is 2. The van der Waals surface area contributed by atoms with Gasteiger partial charge in [0.2, 0.25) is 5.91 Å². The molecule has 0 atom stereocenters. The molecular formula is C21H22FNO2. The maximum Gasteiger partial charge on any atom is 0.222 e. The number of nitrogens with zero attached hydrogens (tertiary/aromatic N) is 1. The topological polar surface area (TPSA) is 37.4 Å². The van der Waals surface area contributed by atoms with Gasteiger partial charge in [0.1, 0.15) is 5.82 Å². The number of hydrogen-bond donors (Lipinski definition) is 0. The third kappa shape index (κ3) is 4.32. The molecule has 1 fully saturated rings. The molecule has 3 rings (SSSR count). The van der Waals surface area contributed by atoms with Crippen LogP contribution in [0.1, 0.15) is 35.2 Å². The summed E-state index contributed by atoms with van der Waals surface area (Å²) in [7, 11) is 0. The molecule has 0 bridgehead atoms. The van der Waals surface area contributed by atoms with Gasteiger partial charge >= 0.3 is 0 Å². The first kappa shape index (κ1) is 17.3. The first-order valence-electron chi connectivity index (χ1n) is 8.75. The van der Waals surface area contributed by atoms with Crippen molar-refractivity contribution in [3.05, 3.63) is 71.5 Å². The Balaban J connectivity index is 1.49. The van der Waals surface area contributed by atoms with E-state index in [-0.39, 0.29) is 23.4 Å². The molecule has 4 heteroatoms. The van der Waals surface area contributed by atoms with Crippen molar-refractivity contribution in [1.29, 1.82) is 0 Å². The highest BCUT2D eigenvalue weighted by atomic mass is 19.1. The molecule has 3 nitrogen and oxygen atoms in total. The highest BCUT2D eigenvalue weighted by molar-refractivity contribution is 5.98. The monoisotopic (exact) mass is 339 g/mol. The fraction of sp³-hybridized carbons (Fsp3) is 0.333. The third-order valence-corrected chi connectivity index (χ3v) is 4.84. The standard InChI is InChI=1S/C21H22FNO2/c22-19-9-5-4-6-16(19)10-11-20(24)23-14-12-18(13-15-23)21(25)17-7-2-1-3-8-17/h1-9,18H,10-15H2. The van der Waals surface area contributed by atoms with Gasteiger partial charge in [-0.1, -0.05) is 48.5 Å². The zero-order chi connectivity index (χ0) is 17.6. The van der Waals surface area contributed by atoms with Crippen molar-refractivity contribution >= 4 is 11.7 Å². The minimum Gasteiger partial charge on any atom is -0.343 e. The summed E-state index contributed by atoms with van der Waals surface area (Å²) < 4.78 is 13.6. The van der Waals surface area contributed by atoms with Crippen molar-refractivity contribution in [3.8, 4) is 0 Å². The second-order valence-electron chi connectivity index (χ2n) is 6.48. The molecule has 130 valence electrons. The number of rotatable bonds is 5. The van der Waals surface area contributed by atoms with E-state index in [0.717, 1.165) is 5.56 Å². The Morgan fingerprint density at radius 2 is 1.60 bits per heavy atom. The summed E-state index contributed by atoms with van der Waals surface area (Å²) >= 11 is 0. The van der Waals surface area contributed by atoms with Crippen LogP contribution in [-0.4, -0.2) is 29.7 Å². The van der Waals surface area contributed by atoms with Crippen molar-refractivity contribution in [2.75, 3.05) is 13.1 Å². The molecule has 2 aromatic carbocycles. The Labute approximate surface area is 147 Å². The van der Waals surface area contributed by atoms with E-state index < -0.39 is 0 Å². The summed E-state index contributed by atoms with van der Waals surface area (Å²) in [6.45, 7) is 1.19. The van der Waals surface area contributed by atoms with Crippen LogP contribution >= 0.6 is 0 Å². The molecule has 1 amide bonds. The molecule has 0 aromatic heterocycles. The van der Waals surface area contributed by atoms with Crippen molar-refractivity contribution < 1.29 is 14.0 Å². The molecule has 1 aliphatic rings. The number of halogens is 1. The Morgan fingerprint density at radius 1 is 0.960 bits per heavy atom. The Hall–Kier alpha value is -2.49. The normalized spacial score (nSPS) is 15.2. The number of Topliss-reactive ketones (excluding diaryl/α,β-unsaturated/α-hetero) is 1. The minimum absolute atomic E-state index is 0.0157. The van der Waals surface area contributed by atoms with E-state index >= 15 is 0 Å². The fourth-order valence-corrected chi connectivity index (χ4v) is 3.33. The molecule has 1 heterocycles. The second-order valence-corrected chi connectivity index (χ2v) is 6.48. The van der Waals surface area contributed by atoms with Crippen LogP contribution in [0, 0.1) is 11.7 Å². The van der Waals surface area contributed by atoms with Crippen LogP contribution in [0.5, 0.6) is 0 Å². The average Bonchev–Trinajstić information content (AvgIpc) is 2.67. The zero-order valence-electron chi connectivity index (χ0n) is 14.2. The lowest BCUT2D eigenvalue weighted by Gasteiger charge is -2.31. The van der Waals surface area contributed by atoms with E-state index in [2.05, 4.69) is 0 Å². The summed E-state index contributed by atoms with van der Waals surface area (Å²) in [6, 6.07) is 15.9. The molecule has 1 saturated heterocycles. The molecule has 0 radical (unpaired) electrons. The van der Waals surface area contributed by atoms with Crippen LogP contribution in [-0.2, 0) is 11.2 Å². The predicted molar refractivity (Wildman–Crippen MR) is 94.8 cm³/mol. The molecule has 0 saturated carbocycles. The van der Waals surface area contributed by atoms with Crippen molar-refractivity contribution in [2.45, 2.75) is 25.7 Å². The average molecular weight is 339 g/mol. The number of carbonyl (C=O) groups is 2. The summed E-state index contributed by atoms with van der Waals surface area (Å²) in [5, 5.41) is 0. The van der Waals surface area contributed by atoms with Gasteiger partial charge in [0.25, 0.3) is 0 Å². The first-order valence-corrected chi connectivity index (χ1v) is 8.75. The maximum absolute atomic E-state index is 13.6. The molecule has 1 aliphatic heterocycles. The molecule has 2 aromatic rings. The van der Waals surface area contributed by atoms with E-state index in [4.69, 9.17) is 0 Å². The largest absolute Gasteiger partial charge is 0.343 e. The molecular weight excluding hydrogens is 317 g/mol. The number of hydrogen-bond acceptors (Lipinski definition) is 2. The second kappa shape index (κ2) is 8.06. The van der Waals surface area contributed by atoms with Crippen molar-refractivity contribution in [3.63, 3.8) is 0 Å². The zero-order valence-corrected chi connectivity index (χ0v) is 14.2. The SMILES string of the molecule is O=C(c1ccccc1)C1CCN(C(=O)CCc2ccccc2F)CC1. The van der Waals surface area contributed by atoms with Crippen LogP contribution in [0.2, 0.25) is 0 Å². The van der Waals surface area contributed by atoms with E-state index in [1.54, 1.807) is 23.1 Å². The van der Waals surface area contributed by atoms with Crippen LogP contribution < -0.4 is 0 Å². The smallest absolute Gasteiger partial charge is 0.222 e. The Morgan fingerprint density at radius 3 is 2.28 bits per heavy atom.